The first kappa shape index (κ1) is 11.1. The van der Waals surface area contributed by atoms with E-state index in [0.717, 1.165) is 4.90 Å². The van der Waals surface area contributed by atoms with Crippen LogP contribution in [0, 0.1) is 0 Å². The average Bonchev–Trinajstić information content (AvgIpc) is 2.21. The maximum absolute atomic E-state index is 11.0. The molecule has 12 heavy (non-hydrogen) atoms. The smallest absolute Gasteiger partial charge is 0.0769 e. The molecule has 0 saturated carbocycles. The predicted octanol–water partition coefficient (Wildman–Crippen LogP) is 2.96. The van der Waals surface area contributed by atoms with E-state index in [2.05, 4.69) is 6.58 Å². The van der Waals surface area contributed by atoms with Gasteiger partial charge in [-0.15, -0.1) is 0 Å². The molecule has 1 aromatic carbocycles. The molecule has 0 radical (unpaired) electrons. The minimum atomic E-state index is -1.03. The Bertz CT molecular complexity index is 241. The van der Waals surface area contributed by atoms with Crippen molar-refractivity contribution in [3.05, 3.63) is 42.3 Å². The first-order valence-electron chi connectivity index (χ1n) is 3.93. The highest BCUT2D eigenvalue weighted by Gasteiger charge is 1.93. The lowest BCUT2D eigenvalue weighted by Crippen LogP contribution is -1.82. The van der Waals surface area contributed by atoms with Gasteiger partial charge in [0, 0.05) is 10.3 Å². The van der Waals surface area contributed by atoms with E-state index in [4.69, 9.17) is 0 Å². The van der Waals surface area contributed by atoms with Gasteiger partial charge in [0.15, 0.2) is 0 Å². The minimum Gasteiger partial charge on any atom is -0.250 e. The lowest BCUT2D eigenvalue weighted by Gasteiger charge is -1.92. The van der Waals surface area contributed by atoms with Crippen LogP contribution in [-0.4, -0.2) is 4.21 Å². The van der Waals surface area contributed by atoms with Crippen molar-refractivity contribution in [3.63, 3.8) is 0 Å². The second kappa shape index (κ2) is 6.80. The van der Waals surface area contributed by atoms with Crippen LogP contribution in [0.2, 0.25) is 0 Å². The van der Waals surface area contributed by atoms with Crippen molar-refractivity contribution in [2.24, 2.45) is 0 Å². The molecule has 1 aromatic rings. The Labute approximate surface area is 76.6 Å². The summed E-state index contributed by atoms with van der Waals surface area (Å²) in [6.07, 6.45) is 0. The number of hydrogen-bond acceptors (Lipinski definition) is 1. The zero-order valence-electron chi connectivity index (χ0n) is 7.49. The van der Waals surface area contributed by atoms with Gasteiger partial charge in [-0.3, -0.25) is 0 Å². The summed E-state index contributed by atoms with van der Waals surface area (Å²) in [7, 11) is -1.03. The average molecular weight is 182 g/mol. The summed E-state index contributed by atoms with van der Waals surface area (Å²) < 4.78 is 11.0. The standard InChI is InChI=1S/C8H8OS.C2H6/c1-2-10(9)8-6-4-3-5-7-8;1-2/h2-7H,1H2;1-2H3. The summed E-state index contributed by atoms with van der Waals surface area (Å²) in [5, 5.41) is 1.43. The van der Waals surface area contributed by atoms with E-state index >= 15 is 0 Å². The van der Waals surface area contributed by atoms with Crippen LogP contribution < -0.4 is 0 Å². The van der Waals surface area contributed by atoms with Crippen molar-refractivity contribution in [2.75, 3.05) is 0 Å². The lowest BCUT2D eigenvalue weighted by molar-refractivity contribution is 0.688. The molecule has 0 aromatic heterocycles. The van der Waals surface area contributed by atoms with Crippen molar-refractivity contribution in [3.8, 4) is 0 Å². The highest BCUT2D eigenvalue weighted by molar-refractivity contribution is 7.88. The van der Waals surface area contributed by atoms with Crippen LogP contribution >= 0.6 is 0 Å². The van der Waals surface area contributed by atoms with Gasteiger partial charge in [0.05, 0.1) is 10.8 Å². The number of benzene rings is 1. The maximum Gasteiger partial charge on any atom is 0.0769 e. The van der Waals surface area contributed by atoms with Crippen LogP contribution in [0.1, 0.15) is 13.8 Å². The molecule has 0 N–H and O–H groups in total. The predicted molar refractivity (Wildman–Crippen MR) is 54.4 cm³/mol. The van der Waals surface area contributed by atoms with Crippen molar-refractivity contribution in [1.82, 2.24) is 0 Å². The fraction of sp³-hybridized carbons (Fsp3) is 0.200. The lowest BCUT2D eigenvalue weighted by atomic mass is 10.4. The second-order valence-electron chi connectivity index (χ2n) is 1.78. The monoisotopic (exact) mass is 182 g/mol. The van der Waals surface area contributed by atoms with Gasteiger partial charge in [-0.2, -0.15) is 0 Å². The van der Waals surface area contributed by atoms with Crippen LogP contribution in [0.4, 0.5) is 0 Å². The van der Waals surface area contributed by atoms with E-state index in [9.17, 15) is 4.21 Å². The van der Waals surface area contributed by atoms with Crippen LogP contribution in [0.5, 0.6) is 0 Å². The zero-order valence-corrected chi connectivity index (χ0v) is 8.30. The molecule has 1 rings (SSSR count). The first-order chi connectivity index (χ1) is 5.84. The van der Waals surface area contributed by atoms with Gasteiger partial charge in [0.2, 0.25) is 0 Å². The Kier molecular flexibility index (Phi) is 6.29. The largest absolute Gasteiger partial charge is 0.250 e. The topological polar surface area (TPSA) is 17.1 Å². The normalized spacial score (nSPS) is 10.8. The molecule has 0 fully saturated rings. The molecule has 0 bridgehead atoms. The van der Waals surface area contributed by atoms with Crippen molar-refractivity contribution < 1.29 is 4.21 Å². The van der Waals surface area contributed by atoms with Gasteiger partial charge in [-0.05, 0) is 12.1 Å². The van der Waals surface area contributed by atoms with Gasteiger partial charge in [-0.1, -0.05) is 38.6 Å². The first-order valence-corrected chi connectivity index (χ1v) is 5.14. The summed E-state index contributed by atoms with van der Waals surface area (Å²) in [6, 6.07) is 9.24. The maximum atomic E-state index is 11.0. The highest BCUT2D eigenvalue weighted by atomic mass is 32.2. The molecule has 66 valence electrons. The molecule has 0 aliphatic rings. The van der Waals surface area contributed by atoms with Crippen molar-refractivity contribution in [2.45, 2.75) is 18.7 Å². The third-order valence-corrected chi connectivity index (χ3v) is 2.17. The van der Waals surface area contributed by atoms with Crippen LogP contribution in [0.25, 0.3) is 0 Å². The van der Waals surface area contributed by atoms with E-state index in [0.29, 0.717) is 0 Å². The van der Waals surface area contributed by atoms with Gasteiger partial charge < -0.3 is 0 Å². The Balaban J connectivity index is 0.000000561. The molecular weight excluding hydrogens is 168 g/mol. The zero-order chi connectivity index (χ0) is 9.40. The highest BCUT2D eigenvalue weighted by Crippen LogP contribution is 2.04. The van der Waals surface area contributed by atoms with E-state index in [1.54, 1.807) is 0 Å². The fourth-order valence-electron chi connectivity index (χ4n) is 0.651. The Hall–Kier alpha value is -0.890. The Morgan fingerprint density at radius 2 is 1.75 bits per heavy atom. The second-order valence-corrected chi connectivity index (χ2v) is 3.18. The van der Waals surface area contributed by atoms with Crippen molar-refractivity contribution >= 4 is 10.8 Å². The molecule has 0 aliphatic carbocycles. The Morgan fingerprint density at radius 3 is 2.17 bits per heavy atom. The number of rotatable bonds is 2. The van der Waals surface area contributed by atoms with Crippen LogP contribution in [0.3, 0.4) is 0 Å². The summed E-state index contributed by atoms with van der Waals surface area (Å²) >= 11 is 0. The molecule has 0 saturated heterocycles. The molecule has 1 nitrogen and oxygen atoms in total. The van der Waals surface area contributed by atoms with E-state index in [1.807, 2.05) is 44.2 Å². The fourth-order valence-corrected chi connectivity index (χ4v) is 1.27. The van der Waals surface area contributed by atoms with Crippen LogP contribution in [-0.2, 0) is 10.8 Å². The molecule has 1 atom stereocenters. The quantitative estimate of drug-likeness (QED) is 0.687. The summed E-state index contributed by atoms with van der Waals surface area (Å²) in [5.74, 6) is 0. The summed E-state index contributed by atoms with van der Waals surface area (Å²) in [4.78, 5) is 0.803. The van der Waals surface area contributed by atoms with Gasteiger partial charge in [0.1, 0.15) is 0 Å². The number of hydrogen-bond donors (Lipinski definition) is 0. The third kappa shape index (κ3) is 3.49. The molecule has 0 amide bonds. The molecule has 2 heteroatoms. The van der Waals surface area contributed by atoms with Gasteiger partial charge >= 0.3 is 0 Å². The Morgan fingerprint density at radius 1 is 1.25 bits per heavy atom. The molecule has 0 heterocycles. The van der Waals surface area contributed by atoms with Gasteiger partial charge in [0.25, 0.3) is 0 Å². The third-order valence-electron chi connectivity index (χ3n) is 1.13. The SMILES string of the molecule is C=CS(=O)c1ccccc1.CC. The van der Waals surface area contributed by atoms with Crippen molar-refractivity contribution in [1.29, 1.82) is 0 Å². The van der Waals surface area contributed by atoms with E-state index in [-0.39, 0.29) is 0 Å². The molecule has 1 unspecified atom stereocenters. The minimum absolute atomic E-state index is 0.803. The molecule has 0 spiro atoms. The van der Waals surface area contributed by atoms with Gasteiger partial charge in [-0.25, -0.2) is 4.21 Å². The summed E-state index contributed by atoms with van der Waals surface area (Å²) in [6.45, 7) is 7.44. The molecular formula is C10H14OS. The summed E-state index contributed by atoms with van der Waals surface area (Å²) in [5.41, 5.74) is 0. The van der Waals surface area contributed by atoms with Crippen LogP contribution in [0.15, 0.2) is 47.2 Å². The van der Waals surface area contributed by atoms with E-state index < -0.39 is 10.8 Å². The van der Waals surface area contributed by atoms with E-state index in [1.165, 1.54) is 5.41 Å². The molecule has 0 aliphatic heterocycles.